The van der Waals surface area contributed by atoms with Crippen molar-refractivity contribution in [2.75, 3.05) is 5.32 Å². The van der Waals surface area contributed by atoms with Crippen LogP contribution in [0.3, 0.4) is 0 Å². The number of benzene rings is 2. The van der Waals surface area contributed by atoms with Gasteiger partial charge >= 0.3 is 6.61 Å². The van der Waals surface area contributed by atoms with Crippen molar-refractivity contribution in [3.63, 3.8) is 0 Å². The van der Waals surface area contributed by atoms with E-state index in [2.05, 4.69) is 20.0 Å². The number of nitrogens with zero attached hydrogens (tertiary/aromatic N) is 2. The average Bonchev–Trinajstić information content (AvgIpc) is 2.74. The van der Waals surface area contributed by atoms with Crippen LogP contribution in [0.1, 0.15) is 35.1 Å². The second kappa shape index (κ2) is 9.11. The van der Waals surface area contributed by atoms with Crippen LogP contribution in [-0.2, 0) is 5.92 Å². The lowest BCUT2D eigenvalue weighted by molar-refractivity contribution is -0.0498. The minimum Gasteiger partial charge on any atom is -0.435 e. The molecule has 0 spiro atoms. The number of nitrogens with one attached hydrogen (secondary N) is 1. The zero-order valence-electron chi connectivity index (χ0n) is 16.7. The Hall–Kier alpha value is -3.49. The fourth-order valence-electron chi connectivity index (χ4n) is 2.87. The van der Waals surface area contributed by atoms with Gasteiger partial charge in [0, 0.05) is 23.2 Å². The first-order valence-corrected chi connectivity index (χ1v) is 9.38. The highest BCUT2D eigenvalue weighted by atomic mass is 19.3. The summed E-state index contributed by atoms with van der Waals surface area (Å²) < 4.78 is 56.6. The van der Waals surface area contributed by atoms with Crippen LogP contribution in [0.5, 0.6) is 5.75 Å². The Bertz CT molecular complexity index is 1070. The Balaban J connectivity index is 1.77. The molecule has 0 aliphatic rings. The molecule has 1 amide bonds. The second-order valence-corrected chi connectivity index (χ2v) is 6.69. The van der Waals surface area contributed by atoms with Gasteiger partial charge in [-0.05, 0) is 43.3 Å². The molecule has 0 saturated carbocycles. The number of halogens is 4. The van der Waals surface area contributed by atoms with E-state index < -0.39 is 18.4 Å². The molecule has 0 saturated heterocycles. The van der Waals surface area contributed by atoms with Gasteiger partial charge in [0.1, 0.15) is 11.4 Å². The molecule has 1 heterocycles. The largest absolute Gasteiger partial charge is 0.435 e. The Morgan fingerprint density at radius 2 is 1.87 bits per heavy atom. The van der Waals surface area contributed by atoms with Gasteiger partial charge in [-0.25, -0.2) is 18.7 Å². The molecule has 0 aliphatic carbocycles. The Kier molecular flexibility index (Phi) is 6.53. The Morgan fingerprint density at radius 3 is 2.48 bits per heavy atom. The highest BCUT2D eigenvalue weighted by Gasteiger charge is 2.29. The van der Waals surface area contributed by atoms with E-state index in [-0.39, 0.29) is 29.1 Å². The maximum atomic E-state index is 13.9. The van der Waals surface area contributed by atoms with Crippen molar-refractivity contribution in [3.05, 3.63) is 71.7 Å². The van der Waals surface area contributed by atoms with Crippen LogP contribution in [0.15, 0.2) is 54.7 Å². The molecule has 3 rings (SSSR count). The number of amides is 1. The Labute approximate surface area is 176 Å². The topological polar surface area (TPSA) is 64.1 Å². The van der Waals surface area contributed by atoms with Gasteiger partial charge in [0.15, 0.2) is 0 Å². The molecule has 0 atom stereocenters. The average molecular weight is 433 g/mol. The van der Waals surface area contributed by atoms with E-state index in [0.717, 1.165) is 0 Å². The number of aryl methyl sites for hydroxylation is 1. The third-order valence-electron chi connectivity index (χ3n) is 4.52. The van der Waals surface area contributed by atoms with E-state index in [1.807, 2.05) is 0 Å². The molecule has 0 bridgehead atoms. The molecule has 0 radical (unpaired) electrons. The minimum atomic E-state index is -2.99. The first-order valence-electron chi connectivity index (χ1n) is 9.38. The summed E-state index contributed by atoms with van der Waals surface area (Å²) in [5.74, 6) is -3.57. The molecular formula is C22H19F4N3O2. The van der Waals surface area contributed by atoms with Crippen LogP contribution in [0.2, 0.25) is 0 Å². The van der Waals surface area contributed by atoms with E-state index in [1.165, 1.54) is 49.5 Å². The predicted octanol–water partition coefficient (Wildman–Crippen LogP) is 5.81. The van der Waals surface area contributed by atoms with Crippen LogP contribution in [-0.4, -0.2) is 22.5 Å². The van der Waals surface area contributed by atoms with E-state index in [0.29, 0.717) is 17.0 Å². The summed E-state index contributed by atoms with van der Waals surface area (Å²) in [6.45, 7) is 0.0477. The standard InChI is InChI=1S/C22H19F4N3O2/c1-3-22(25,26)15-5-4-6-16(11-15)29-20(30)19-13(2)28-18(12-27-19)14-7-9-17(10-8-14)31-21(23)24/h4-12,21H,3H2,1-2H3,(H,29,30). The van der Waals surface area contributed by atoms with Gasteiger partial charge < -0.3 is 10.1 Å². The molecule has 5 nitrogen and oxygen atoms in total. The molecule has 1 N–H and O–H groups in total. The molecule has 3 aromatic rings. The summed E-state index contributed by atoms with van der Waals surface area (Å²) in [6, 6.07) is 11.3. The molecule has 1 aromatic heterocycles. The molecule has 0 aliphatic heterocycles. The molecule has 0 unspecified atom stereocenters. The molecule has 2 aromatic carbocycles. The van der Waals surface area contributed by atoms with E-state index >= 15 is 0 Å². The predicted molar refractivity (Wildman–Crippen MR) is 107 cm³/mol. The highest BCUT2D eigenvalue weighted by Crippen LogP contribution is 2.32. The summed E-state index contributed by atoms with van der Waals surface area (Å²) in [4.78, 5) is 21.0. The molecule has 162 valence electrons. The minimum absolute atomic E-state index is 0.00955. The lowest BCUT2D eigenvalue weighted by atomic mass is 10.1. The van der Waals surface area contributed by atoms with Gasteiger partial charge in [-0.3, -0.25) is 4.79 Å². The number of hydrogen-bond donors (Lipinski definition) is 1. The van der Waals surface area contributed by atoms with Crippen molar-refractivity contribution < 1.29 is 27.1 Å². The lowest BCUT2D eigenvalue weighted by Crippen LogP contribution is -2.17. The summed E-state index contributed by atoms with van der Waals surface area (Å²) in [6.07, 6.45) is 1.01. The normalized spacial score (nSPS) is 11.5. The van der Waals surface area contributed by atoms with Gasteiger partial charge in [0.25, 0.3) is 11.8 Å². The van der Waals surface area contributed by atoms with E-state index in [9.17, 15) is 22.4 Å². The fourth-order valence-corrected chi connectivity index (χ4v) is 2.87. The number of hydrogen-bond acceptors (Lipinski definition) is 4. The third kappa shape index (κ3) is 5.36. The van der Waals surface area contributed by atoms with Crippen molar-refractivity contribution in [1.82, 2.24) is 9.97 Å². The molecule has 0 fully saturated rings. The van der Waals surface area contributed by atoms with Crippen LogP contribution >= 0.6 is 0 Å². The van der Waals surface area contributed by atoms with Gasteiger partial charge in [0.2, 0.25) is 0 Å². The first-order chi connectivity index (χ1) is 14.7. The SMILES string of the molecule is CCC(F)(F)c1cccc(NC(=O)c2ncc(-c3ccc(OC(F)F)cc3)nc2C)c1. The van der Waals surface area contributed by atoms with Gasteiger partial charge in [0.05, 0.1) is 17.6 Å². The quantitative estimate of drug-likeness (QED) is 0.478. The Morgan fingerprint density at radius 1 is 1.16 bits per heavy atom. The van der Waals surface area contributed by atoms with Crippen molar-refractivity contribution >= 4 is 11.6 Å². The van der Waals surface area contributed by atoms with Crippen molar-refractivity contribution in [2.24, 2.45) is 0 Å². The maximum absolute atomic E-state index is 13.9. The van der Waals surface area contributed by atoms with Crippen molar-refractivity contribution in [1.29, 1.82) is 0 Å². The number of alkyl halides is 4. The zero-order valence-corrected chi connectivity index (χ0v) is 16.7. The van der Waals surface area contributed by atoms with Crippen molar-refractivity contribution in [3.8, 4) is 17.0 Å². The number of rotatable bonds is 7. The first kappa shape index (κ1) is 22.2. The van der Waals surface area contributed by atoms with Crippen LogP contribution in [0, 0.1) is 6.92 Å². The summed E-state index contributed by atoms with van der Waals surface area (Å²) in [5.41, 5.74) is 1.41. The second-order valence-electron chi connectivity index (χ2n) is 6.69. The maximum Gasteiger partial charge on any atom is 0.387 e. The molecule has 9 heteroatoms. The highest BCUT2D eigenvalue weighted by molar-refractivity contribution is 6.03. The van der Waals surface area contributed by atoms with Gasteiger partial charge in [-0.15, -0.1) is 0 Å². The summed E-state index contributed by atoms with van der Waals surface area (Å²) >= 11 is 0. The van der Waals surface area contributed by atoms with Gasteiger partial charge in [-0.2, -0.15) is 8.78 Å². The number of carbonyl (C=O) groups excluding carboxylic acids is 1. The summed E-state index contributed by atoms with van der Waals surface area (Å²) in [5, 5.41) is 2.56. The molecule has 31 heavy (non-hydrogen) atoms. The number of anilines is 1. The van der Waals surface area contributed by atoms with E-state index in [1.54, 1.807) is 19.1 Å². The van der Waals surface area contributed by atoms with Crippen LogP contribution in [0.25, 0.3) is 11.3 Å². The number of aromatic nitrogens is 2. The van der Waals surface area contributed by atoms with Crippen LogP contribution < -0.4 is 10.1 Å². The smallest absolute Gasteiger partial charge is 0.387 e. The summed E-state index contributed by atoms with van der Waals surface area (Å²) in [7, 11) is 0. The van der Waals surface area contributed by atoms with Gasteiger partial charge in [-0.1, -0.05) is 19.1 Å². The molecular weight excluding hydrogens is 414 g/mol. The number of carbonyl (C=O) groups is 1. The van der Waals surface area contributed by atoms with E-state index in [4.69, 9.17) is 0 Å². The van der Waals surface area contributed by atoms with Crippen LogP contribution in [0.4, 0.5) is 23.2 Å². The number of ether oxygens (including phenoxy) is 1. The monoisotopic (exact) mass is 433 g/mol. The van der Waals surface area contributed by atoms with Crippen molar-refractivity contribution in [2.45, 2.75) is 32.8 Å². The zero-order chi connectivity index (χ0) is 22.6. The third-order valence-corrected chi connectivity index (χ3v) is 4.52. The lowest BCUT2D eigenvalue weighted by Gasteiger charge is -2.15. The fraction of sp³-hybridized carbons (Fsp3) is 0.227.